The number of rotatable bonds is 2. The molecular weight excluding hydrogens is 208 g/mol. The zero-order valence-electron chi connectivity index (χ0n) is 10.7. The van der Waals surface area contributed by atoms with Crippen molar-refractivity contribution in [1.82, 2.24) is 0 Å². The average Bonchev–Trinajstić information content (AvgIpc) is 2.93. The molecule has 2 N–H and O–H groups in total. The molecule has 1 heterocycles. The van der Waals surface area contributed by atoms with Gasteiger partial charge in [0.15, 0.2) is 0 Å². The van der Waals surface area contributed by atoms with Gasteiger partial charge in [-0.25, -0.2) is 0 Å². The molecule has 1 aliphatic carbocycles. The molecule has 0 amide bonds. The van der Waals surface area contributed by atoms with E-state index in [0.29, 0.717) is 0 Å². The van der Waals surface area contributed by atoms with Crippen LogP contribution in [0.4, 0.5) is 5.69 Å². The molecule has 2 atom stereocenters. The second-order valence-corrected chi connectivity index (χ2v) is 5.81. The van der Waals surface area contributed by atoms with Gasteiger partial charge in [0.2, 0.25) is 0 Å². The number of hydrogen-bond donors (Lipinski definition) is 1. The third-order valence-electron chi connectivity index (χ3n) is 4.67. The van der Waals surface area contributed by atoms with E-state index < -0.39 is 0 Å². The van der Waals surface area contributed by atoms with Gasteiger partial charge < -0.3 is 10.6 Å². The molecule has 0 saturated heterocycles. The normalized spacial score (nSPS) is 31.9. The number of benzene rings is 1. The molecule has 92 valence electrons. The fourth-order valence-corrected chi connectivity index (χ4v) is 3.74. The molecule has 2 aliphatic rings. The van der Waals surface area contributed by atoms with Crippen LogP contribution in [-0.4, -0.2) is 18.6 Å². The summed E-state index contributed by atoms with van der Waals surface area (Å²) < 4.78 is 0. The van der Waals surface area contributed by atoms with Gasteiger partial charge in [0.25, 0.3) is 0 Å². The largest absolute Gasteiger partial charge is 0.364 e. The van der Waals surface area contributed by atoms with Gasteiger partial charge in [-0.2, -0.15) is 0 Å². The minimum atomic E-state index is 0.242. The zero-order valence-corrected chi connectivity index (χ0v) is 10.7. The number of hydrogen-bond acceptors (Lipinski definition) is 2. The van der Waals surface area contributed by atoms with Crippen LogP contribution in [0.1, 0.15) is 31.7 Å². The van der Waals surface area contributed by atoms with Gasteiger partial charge in [0.1, 0.15) is 0 Å². The van der Waals surface area contributed by atoms with E-state index in [2.05, 4.69) is 36.1 Å². The van der Waals surface area contributed by atoms with Crippen LogP contribution < -0.4 is 10.6 Å². The topological polar surface area (TPSA) is 29.3 Å². The Hall–Kier alpha value is -1.02. The molecular formula is C15H22N2. The fraction of sp³-hybridized carbons (Fsp3) is 0.600. The predicted octanol–water partition coefficient (Wildman–Crippen LogP) is 2.57. The van der Waals surface area contributed by atoms with Crippen molar-refractivity contribution >= 4 is 5.69 Å². The molecule has 2 unspecified atom stereocenters. The Labute approximate surface area is 104 Å². The van der Waals surface area contributed by atoms with Gasteiger partial charge in [-0.1, -0.05) is 25.1 Å². The lowest BCUT2D eigenvalue weighted by Gasteiger charge is -2.40. The molecule has 1 fully saturated rings. The maximum Gasteiger partial charge on any atom is 0.0527 e. The molecule has 2 heteroatoms. The molecule has 2 nitrogen and oxygen atoms in total. The van der Waals surface area contributed by atoms with Crippen LogP contribution in [0.5, 0.6) is 0 Å². The maximum atomic E-state index is 6.13. The summed E-state index contributed by atoms with van der Waals surface area (Å²) in [6.45, 7) is 4.31. The van der Waals surface area contributed by atoms with Gasteiger partial charge in [0.05, 0.1) is 5.54 Å². The van der Waals surface area contributed by atoms with Gasteiger partial charge in [-0.05, 0) is 43.2 Å². The quantitative estimate of drug-likeness (QED) is 0.846. The fourth-order valence-electron chi connectivity index (χ4n) is 3.74. The Morgan fingerprint density at radius 3 is 2.94 bits per heavy atom. The number of para-hydroxylation sites is 1. The second kappa shape index (κ2) is 4.02. The van der Waals surface area contributed by atoms with Crippen molar-refractivity contribution in [3.63, 3.8) is 0 Å². The van der Waals surface area contributed by atoms with Crippen LogP contribution >= 0.6 is 0 Å². The van der Waals surface area contributed by atoms with Crippen LogP contribution in [0.2, 0.25) is 0 Å². The summed E-state index contributed by atoms with van der Waals surface area (Å²) in [5, 5.41) is 0. The lowest BCUT2D eigenvalue weighted by Crippen LogP contribution is -2.51. The van der Waals surface area contributed by atoms with Crippen molar-refractivity contribution in [3.8, 4) is 0 Å². The van der Waals surface area contributed by atoms with Crippen LogP contribution in [0, 0.1) is 5.92 Å². The van der Waals surface area contributed by atoms with E-state index in [4.69, 9.17) is 5.73 Å². The first-order valence-electron chi connectivity index (χ1n) is 6.81. The number of nitrogens with zero attached hydrogens (tertiary/aromatic N) is 1. The summed E-state index contributed by atoms with van der Waals surface area (Å²) in [6.07, 6.45) is 5.04. The summed E-state index contributed by atoms with van der Waals surface area (Å²) in [6, 6.07) is 8.83. The minimum Gasteiger partial charge on any atom is -0.364 e. The van der Waals surface area contributed by atoms with Crippen molar-refractivity contribution in [1.29, 1.82) is 0 Å². The predicted molar refractivity (Wildman–Crippen MR) is 72.3 cm³/mol. The molecule has 1 aliphatic heterocycles. The van der Waals surface area contributed by atoms with Crippen LogP contribution in [-0.2, 0) is 6.42 Å². The highest BCUT2D eigenvalue weighted by Crippen LogP contribution is 2.43. The Kier molecular flexibility index (Phi) is 2.62. The van der Waals surface area contributed by atoms with Gasteiger partial charge in [-0.15, -0.1) is 0 Å². The summed E-state index contributed by atoms with van der Waals surface area (Å²) in [5.41, 5.74) is 9.31. The van der Waals surface area contributed by atoms with E-state index in [-0.39, 0.29) is 5.54 Å². The van der Waals surface area contributed by atoms with Crippen LogP contribution in [0.3, 0.4) is 0 Å². The number of fused-ring (bicyclic) bond motifs is 1. The van der Waals surface area contributed by atoms with Crippen LogP contribution in [0.25, 0.3) is 0 Å². The molecule has 0 radical (unpaired) electrons. The third-order valence-corrected chi connectivity index (χ3v) is 4.67. The van der Waals surface area contributed by atoms with Crippen molar-refractivity contribution in [2.24, 2.45) is 11.7 Å². The van der Waals surface area contributed by atoms with Crippen LogP contribution in [0.15, 0.2) is 24.3 Å². The van der Waals surface area contributed by atoms with Crippen molar-refractivity contribution in [2.75, 3.05) is 18.0 Å². The Balaban J connectivity index is 1.95. The Bertz CT molecular complexity index is 415. The smallest absolute Gasteiger partial charge is 0.0527 e. The Morgan fingerprint density at radius 2 is 2.24 bits per heavy atom. The second-order valence-electron chi connectivity index (χ2n) is 5.81. The first kappa shape index (κ1) is 11.1. The molecule has 0 bridgehead atoms. The molecule has 0 aromatic heterocycles. The highest BCUT2D eigenvalue weighted by molar-refractivity contribution is 5.60. The summed E-state index contributed by atoms with van der Waals surface area (Å²) in [5.74, 6) is 0.825. The van der Waals surface area contributed by atoms with E-state index in [1.165, 1.54) is 36.9 Å². The minimum absolute atomic E-state index is 0.242. The lowest BCUT2D eigenvalue weighted by molar-refractivity contribution is 0.398. The first-order valence-corrected chi connectivity index (χ1v) is 6.81. The monoisotopic (exact) mass is 230 g/mol. The lowest BCUT2D eigenvalue weighted by atomic mass is 9.93. The van der Waals surface area contributed by atoms with E-state index in [0.717, 1.165) is 19.0 Å². The number of nitrogens with two attached hydrogens (primary N) is 1. The molecule has 1 saturated carbocycles. The number of anilines is 1. The highest BCUT2D eigenvalue weighted by atomic mass is 15.2. The van der Waals surface area contributed by atoms with Gasteiger partial charge in [0, 0.05) is 18.8 Å². The molecule has 1 aromatic carbocycles. The van der Waals surface area contributed by atoms with E-state index in [9.17, 15) is 0 Å². The average molecular weight is 230 g/mol. The maximum absolute atomic E-state index is 6.13. The van der Waals surface area contributed by atoms with E-state index in [1.54, 1.807) is 0 Å². The standard InChI is InChI=1S/C15H22N2/c1-12-6-8-15(10-12,11-16)17-9-7-13-4-2-3-5-14(13)17/h2-5,12H,6-11,16H2,1H3. The van der Waals surface area contributed by atoms with Crippen molar-refractivity contribution in [3.05, 3.63) is 29.8 Å². The van der Waals surface area contributed by atoms with E-state index in [1.807, 2.05) is 0 Å². The van der Waals surface area contributed by atoms with Gasteiger partial charge >= 0.3 is 0 Å². The summed E-state index contributed by atoms with van der Waals surface area (Å²) in [4.78, 5) is 2.60. The summed E-state index contributed by atoms with van der Waals surface area (Å²) >= 11 is 0. The zero-order chi connectivity index (χ0) is 11.9. The van der Waals surface area contributed by atoms with E-state index >= 15 is 0 Å². The van der Waals surface area contributed by atoms with Crippen molar-refractivity contribution in [2.45, 2.75) is 38.1 Å². The SMILES string of the molecule is CC1CCC(CN)(N2CCc3ccccc32)C1. The molecule has 17 heavy (non-hydrogen) atoms. The third kappa shape index (κ3) is 1.66. The molecule has 1 aromatic rings. The van der Waals surface area contributed by atoms with Crippen molar-refractivity contribution < 1.29 is 0 Å². The Morgan fingerprint density at radius 1 is 1.41 bits per heavy atom. The van der Waals surface area contributed by atoms with Gasteiger partial charge in [-0.3, -0.25) is 0 Å². The highest BCUT2D eigenvalue weighted by Gasteiger charge is 2.43. The summed E-state index contributed by atoms with van der Waals surface area (Å²) in [7, 11) is 0. The first-order chi connectivity index (χ1) is 8.25. The molecule has 0 spiro atoms. The molecule has 3 rings (SSSR count).